The standard InChI is InChI=1S/C21H24N2O3.ClH/c24-21(23-11-15-6-7-17-12-22-13-18(17)9-15)16-3-1-4-19(10-16)26-14-20-5-2-8-25-20;/h1,3-4,6-7,9-10,20,22H,2,5,8,11-14H2,(H,23,24);1H. The lowest BCUT2D eigenvalue weighted by Gasteiger charge is -2.12. The minimum Gasteiger partial charge on any atom is -0.491 e. The predicted molar refractivity (Wildman–Crippen MR) is 106 cm³/mol. The zero-order valence-corrected chi connectivity index (χ0v) is 16.0. The van der Waals surface area contributed by atoms with Crippen molar-refractivity contribution in [2.45, 2.75) is 38.6 Å². The maximum absolute atomic E-state index is 12.5. The van der Waals surface area contributed by atoms with Gasteiger partial charge in [0.05, 0.1) is 6.10 Å². The molecule has 2 aromatic carbocycles. The highest BCUT2D eigenvalue weighted by atomic mass is 35.5. The Morgan fingerprint density at radius 1 is 1.19 bits per heavy atom. The van der Waals surface area contributed by atoms with Gasteiger partial charge in [0.2, 0.25) is 0 Å². The first-order valence-corrected chi connectivity index (χ1v) is 9.22. The minimum absolute atomic E-state index is 0. The summed E-state index contributed by atoms with van der Waals surface area (Å²) in [6.07, 6.45) is 2.30. The molecule has 0 aliphatic carbocycles. The van der Waals surface area contributed by atoms with Gasteiger partial charge in [-0.25, -0.2) is 0 Å². The zero-order valence-electron chi connectivity index (χ0n) is 15.2. The van der Waals surface area contributed by atoms with E-state index in [0.717, 1.165) is 38.1 Å². The molecule has 1 saturated heterocycles. The maximum Gasteiger partial charge on any atom is 0.251 e. The molecule has 1 fully saturated rings. The summed E-state index contributed by atoms with van der Waals surface area (Å²) in [4.78, 5) is 12.5. The van der Waals surface area contributed by atoms with Crippen molar-refractivity contribution >= 4 is 18.3 Å². The van der Waals surface area contributed by atoms with Gasteiger partial charge in [0.1, 0.15) is 12.4 Å². The smallest absolute Gasteiger partial charge is 0.251 e. The number of carbonyl (C=O) groups excluding carboxylic acids is 1. The van der Waals surface area contributed by atoms with E-state index in [1.807, 2.05) is 12.1 Å². The number of carbonyl (C=O) groups is 1. The Hall–Kier alpha value is -2.08. The number of ether oxygens (including phenoxy) is 2. The summed E-state index contributed by atoms with van der Waals surface area (Å²) in [5, 5.41) is 6.33. The number of rotatable bonds is 6. The van der Waals surface area contributed by atoms with Gasteiger partial charge in [-0.3, -0.25) is 4.79 Å². The molecule has 0 aromatic heterocycles. The number of fused-ring (bicyclic) bond motifs is 1. The third kappa shape index (κ3) is 5.01. The molecule has 5 nitrogen and oxygen atoms in total. The van der Waals surface area contributed by atoms with Crippen LogP contribution in [0.15, 0.2) is 42.5 Å². The summed E-state index contributed by atoms with van der Waals surface area (Å²) in [6.45, 7) is 3.71. The summed E-state index contributed by atoms with van der Waals surface area (Å²) in [7, 11) is 0. The first-order chi connectivity index (χ1) is 12.8. The first-order valence-electron chi connectivity index (χ1n) is 9.22. The van der Waals surface area contributed by atoms with E-state index in [0.29, 0.717) is 24.5 Å². The first kappa shape index (κ1) is 19.7. The van der Waals surface area contributed by atoms with Gasteiger partial charge in [-0.2, -0.15) is 0 Å². The highest BCUT2D eigenvalue weighted by Gasteiger charge is 2.16. The fourth-order valence-corrected chi connectivity index (χ4v) is 3.43. The van der Waals surface area contributed by atoms with Crippen LogP contribution in [0.2, 0.25) is 0 Å². The minimum atomic E-state index is -0.0915. The highest BCUT2D eigenvalue weighted by molar-refractivity contribution is 5.94. The molecular formula is C21H25ClN2O3. The topological polar surface area (TPSA) is 59.6 Å². The average Bonchev–Trinajstić information content (AvgIpc) is 3.35. The Labute approximate surface area is 165 Å². The van der Waals surface area contributed by atoms with Crippen molar-refractivity contribution in [3.05, 3.63) is 64.7 Å². The van der Waals surface area contributed by atoms with Crippen molar-refractivity contribution in [3.63, 3.8) is 0 Å². The van der Waals surface area contributed by atoms with Gasteiger partial charge in [0, 0.05) is 31.8 Å². The Kier molecular flexibility index (Phi) is 6.72. The van der Waals surface area contributed by atoms with E-state index in [-0.39, 0.29) is 24.4 Å². The van der Waals surface area contributed by atoms with E-state index in [2.05, 4.69) is 28.8 Å². The van der Waals surface area contributed by atoms with Crippen molar-refractivity contribution in [1.29, 1.82) is 0 Å². The van der Waals surface area contributed by atoms with Crippen molar-refractivity contribution in [3.8, 4) is 5.75 Å². The molecule has 1 atom stereocenters. The molecule has 0 saturated carbocycles. The van der Waals surface area contributed by atoms with Crippen LogP contribution in [0.3, 0.4) is 0 Å². The second-order valence-corrected chi connectivity index (χ2v) is 6.86. The van der Waals surface area contributed by atoms with Gasteiger partial charge in [-0.1, -0.05) is 24.3 Å². The zero-order chi connectivity index (χ0) is 17.8. The number of amides is 1. The molecule has 6 heteroatoms. The van der Waals surface area contributed by atoms with Crippen LogP contribution in [0.1, 0.15) is 39.9 Å². The molecule has 2 N–H and O–H groups in total. The number of hydrogen-bond acceptors (Lipinski definition) is 4. The Morgan fingerprint density at radius 3 is 2.93 bits per heavy atom. The van der Waals surface area contributed by atoms with Crippen molar-refractivity contribution < 1.29 is 14.3 Å². The maximum atomic E-state index is 12.5. The van der Waals surface area contributed by atoms with E-state index >= 15 is 0 Å². The van der Waals surface area contributed by atoms with Crippen LogP contribution in [0.4, 0.5) is 0 Å². The molecule has 2 aromatic rings. The van der Waals surface area contributed by atoms with Crippen LogP contribution in [0.5, 0.6) is 5.75 Å². The largest absolute Gasteiger partial charge is 0.491 e. The van der Waals surface area contributed by atoms with Crippen molar-refractivity contribution in [2.24, 2.45) is 0 Å². The summed E-state index contributed by atoms with van der Waals surface area (Å²) in [6, 6.07) is 13.7. The third-order valence-corrected chi connectivity index (χ3v) is 4.91. The normalized spacial score (nSPS) is 17.9. The lowest BCUT2D eigenvalue weighted by molar-refractivity contribution is 0.0679. The van der Waals surface area contributed by atoms with Crippen LogP contribution in [-0.4, -0.2) is 25.2 Å². The number of hydrogen-bond donors (Lipinski definition) is 2. The summed E-state index contributed by atoms with van der Waals surface area (Å²) in [5.74, 6) is 0.614. The Balaban J connectivity index is 0.00000210. The summed E-state index contributed by atoms with van der Waals surface area (Å²) >= 11 is 0. The quantitative estimate of drug-likeness (QED) is 0.797. The number of halogens is 1. The van der Waals surface area contributed by atoms with Gasteiger partial charge in [0.25, 0.3) is 5.91 Å². The van der Waals surface area contributed by atoms with E-state index in [9.17, 15) is 4.79 Å². The second kappa shape index (κ2) is 9.22. The Morgan fingerprint density at radius 2 is 2.07 bits per heavy atom. The van der Waals surface area contributed by atoms with Crippen LogP contribution in [0.25, 0.3) is 0 Å². The van der Waals surface area contributed by atoms with Crippen molar-refractivity contribution in [2.75, 3.05) is 13.2 Å². The van der Waals surface area contributed by atoms with Gasteiger partial charge in [-0.15, -0.1) is 12.4 Å². The van der Waals surface area contributed by atoms with Crippen LogP contribution < -0.4 is 15.4 Å². The third-order valence-electron chi connectivity index (χ3n) is 4.91. The summed E-state index contributed by atoms with van der Waals surface area (Å²) in [5.41, 5.74) is 4.39. The fraction of sp³-hybridized carbons (Fsp3) is 0.381. The van der Waals surface area contributed by atoms with Crippen molar-refractivity contribution in [1.82, 2.24) is 10.6 Å². The lowest BCUT2D eigenvalue weighted by atomic mass is 10.1. The van der Waals surface area contributed by atoms with E-state index < -0.39 is 0 Å². The van der Waals surface area contributed by atoms with Gasteiger partial charge < -0.3 is 20.1 Å². The molecule has 2 aliphatic heterocycles. The average molecular weight is 389 g/mol. The lowest BCUT2D eigenvalue weighted by Crippen LogP contribution is -2.23. The monoisotopic (exact) mass is 388 g/mol. The van der Waals surface area contributed by atoms with Crippen LogP contribution in [0, 0.1) is 0 Å². The number of nitrogens with one attached hydrogen (secondary N) is 2. The van der Waals surface area contributed by atoms with Gasteiger partial charge >= 0.3 is 0 Å². The van der Waals surface area contributed by atoms with E-state index in [4.69, 9.17) is 9.47 Å². The van der Waals surface area contributed by atoms with E-state index in [1.54, 1.807) is 12.1 Å². The molecule has 2 aliphatic rings. The molecule has 0 bridgehead atoms. The molecule has 0 radical (unpaired) electrons. The molecule has 4 rings (SSSR count). The molecule has 0 spiro atoms. The van der Waals surface area contributed by atoms with E-state index in [1.165, 1.54) is 11.1 Å². The highest BCUT2D eigenvalue weighted by Crippen LogP contribution is 2.19. The number of benzene rings is 2. The van der Waals surface area contributed by atoms with Crippen LogP contribution in [-0.2, 0) is 24.4 Å². The summed E-state index contributed by atoms with van der Waals surface area (Å²) < 4.78 is 11.3. The molecule has 2 heterocycles. The van der Waals surface area contributed by atoms with Gasteiger partial charge in [-0.05, 0) is 47.7 Å². The Bertz CT molecular complexity index is 791. The molecular weight excluding hydrogens is 364 g/mol. The SMILES string of the molecule is Cl.O=C(NCc1ccc2c(c1)CNC2)c1cccc(OCC2CCCO2)c1. The second-order valence-electron chi connectivity index (χ2n) is 6.86. The van der Waals surface area contributed by atoms with Crippen LogP contribution >= 0.6 is 12.4 Å². The molecule has 27 heavy (non-hydrogen) atoms. The predicted octanol–water partition coefficient (Wildman–Crippen LogP) is 3.20. The fourth-order valence-electron chi connectivity index (χ4n) is 3.43. The molecule has 1 amide bonds. The molecule has 1 unspecified atom stereocenters. The van der Waals surface area contributed by atoms with Gasteiger partial charge in [0.15, 0.2) is 0 Å². The molecule has 144 valence electrons.